The summed E-state index contributed by atoms with van der Waals surface area (Å²) in [4.78, 5) is 41.0. The van der Waals surface area contributed by atoms with Gasteiger partial charge in [0.15, 0.2) is 5.78 Å². The highest BCUT2D eigenvalue weighted by Gasteiger charge is 2.31. The summed E-state index contributed by atoms with van der Waals surface area (Å²) >= 11 is 0. The molecule has 166 valence electrons. The first-order chi connectivity index (χ1) is 14.9. The molecule has 0 bridgehead atoms. The fourth-order valence-electron chi connectivity index (χ4n) is 4.80. The second kappa shape index (κ2) is 9.94. The van der Waals surface area contributed by atoms with Crippen LogP contribution in [-0.4, -0.2) is 46.8 Å². The molecule has 6 nitrogen and oxygen atoms in total. The molecule has 1 aromatic carbocycles. The zero-order valence-corrected chi connectivity index (χ0v) is 18.9. The van der Waals surface area contributed by atoms with Gasteiger partial charge in [-0.1, -0.05) is 37.5 Å². The number of carbonyl (C=O) groups excluding carboxylic acids is 3. The van der Waals surface area contributed by atoms with Gasteiger partial charge in [-0.15, -0.1) is 0 Å². The first kappa shape index (κ1) is 22.8. The van der Waals surface area contributed by atoms with Crippen LogP contribution < -0.4 is 0 Å². The molecule has 31 heavy (non-hydrogen) atoms. The van der Waals surface area contributed by atoms with Crippen molar-refractivity contribution in [2.45, 2.75) is 65.5 Å². The minimum absolute atomic E-state index is 0.00835. The molecule has 1 aliphatic carbocycles. The largest absolute Gasteiger partial charge is 0.464 e. The smallest absolute Gasteiger partial charge is 0.354 e. The van der Waals surface area contributed by atoms with Crippen molar-refractivity contribution in [3.63, 3.8) is 0 Å². The molecule has 0 saturated heterocycles. The van der Waals surface area contributed by atoms with E-state index in [-0.39, 0.29) is 24.3 Å². The number of methoxy groups -OCH3 is 1. The Balaban J connectivity index is 1.96. The number of Topliss-reactive ketones (excluding diaryl/α,β-unsaturated/α-hetero) is 1. The molecule has 1 aromatic heterocycles. The summed E-state index contributed by atoms with van der Waals surface area (Å²) in [5.41, 5.74) is 2.87. The van der Waals surface area contributed by atoms with E-state index in [0.717, 1.165) is 37.8 Å². The molecule has 0 unspecified atom stereocenters. The summed E-state index contributed by atoms with van der Waals surface area (Å²) < 4.78 is 6.76. The van der Waals surface area contributed by atoms with Gasteiger partial charge in [0.2, 0.25) is 0 Å². The van der Waals surface area contributed by atoms with Gasteiger partial charge in [0, 0.05) is 29.4 Å². The van der Waals surface area contributed by atoms with Crippen molar-refractivity contribution in [1.82, 2.24) is 9.47 Å². The predicted molar refractivity (Wildman–Crippen MR) is 120 cm³/mol. The van der Waals surface area contributed by atoms with E-state index in [1.165, 1.54) is 7.11 Å². The van der Waals surface area contributed by atoms with E-state index in [1.54, 1.807) is 24.0 Å². The minimum Gasteiger partial charge on any atom is -0.464 e. The first-order valence-electron chi connectivity index (χ1n) is 11.1. The third-order valence-corrected chi connectivity index (χ3v) is 6.35. The van der Waals surface area contributed by atoms with Gasteiger partial charge in [0.1, 0.15) is 5.69 Å². The summed E-state index contributed by atoms with van der Waals surface area (Å²) in [7, 11) is 1.34. The second-order valence-electron chi connectivity index (χ2n) is 8.18. The normalized spacial score (nSPS) is 14.3. The number of nitrogens with zero attached hydrogens (tertiary/aromatic N) is 2. The molecule has 0 N–H and O–H groups in total. The molecule has 0 spiro atoms. The van der Waals surface area contributed by atoms with Crippen LogP contribution in [0.3, 0.4) is 0 Å². The van der Waals surface area contributed by atoms with E-state index in [4.69, 9.17) is 4.74 Å². The summed E-state index contributed by atoms with van der Waals surface area (Å²) in [6.45, 7) is 6.12. The summed E-state index contributed by atoms with van der Waals surface area (Å²) in [5.74, 6) is -0.701. The summed E-state index contributed by atoms with van der Waals surface area (Å²) in [6, 6.07) is 9.20. The van der Waals surface area contributed by atoms with Crippen molar-refractivity contribution in [2.75, 3.05) is 13.7 Å². The molecule has 1 fully saturated rings. The van der Waals surface area contributed by atoms with E-state index in [2.05, 4.69) is 0 Å². The van der Waals surface area contributed by atoms with Crippen LogP contribution in [0.1, 0.15) is 81.5 Å². The highest BCUT2D eigenvalue weighted by Crippen LogP contribution is 2.27. The molecular formula is C25H32N2O4. The fraction of sp³-hybridized carbons (Fsp3) is 0.480. The SMILES string of the molecule is CCn1c(C)c(C(=O)CN(C(=O)c2ccccc2)C2CCCCC2)c(C)c1C(=O)OC. The second-order valence-corrected chi connectivity index (χ2v) is 8.18. The zero-order valence-electron chi connectivity index (χ0n) is 18.9. The number of ether oxygens (including phenoxy) is 1. The Morgan fingerprint density at radius 3 is 2.29 bits per heavy atom. The van der Waals surface area contributed by atoms with Crippen LogP contribution in [-0.2, 0) is 11.3 Å². The maximum Gasteiger partial charge on any atom is 0.354 e. The van der Waals surface area contributed by atoms with Crippen molar-refractivity contribution in [1.29, 1.82) is 0 Å². The Morgan fingerprint density at radius 2 is 1.71 bits per heavy atom. The quantitative estimate of drug-likeness (QED) is 0.482. The van der Waals surface area contributed by atoms with Gasteiger partial charge in [-0.2, -0.15) is 0 Å². The van der Waals surface area contributed by atoms with E-state index < -0.39 is 5.97 Å². The summed E-state index contributed by atoms with van der Waals surface area (Å²) in [6.07, 6.45) is 5.11. The van der Waals surface area contributed by atoms with Crippen molar-refractivity contribution in [3.05, 3.63) is 58.4 Å². The maximum absolute atomic E-state index is 13.5. The van der Waals surface area contributed by atoms with E-state index >= 15 is 0 Å². The van der Waals surface area contributed by atoms with Gasteiger partial charge in [-0.3, -0.25) is 9.59 Å². The molecule has 1 heterocycles. The van der Waals surface area contributed by atoms with Gasteiger partial charge < -0.3 is 14.2 Å². The molecule has 0 atom stereocenters. The molecular weight excluding hydrogens is 392 g/mol. The number of aromatic nitrogens is 1. The maximum atomic E-state index is 13.5. The van der Waals surface area contributed by atoms with Crippen molar-refractivity contribution < 1.29 is 19.1 Å². The lowest BCUT2D eigenvalue weighted by atomic mass is 9.93. The monoisotopic (exact) mass is 424 g/mol. The molecule has 1 saturated carbocycles. The zero-order chi connectivity index (χ0) is 22.5. The number of hydrogen-bond acceptors (Lipinski definition) is 4. The number of ketones is 1. The van der Waals surface area contributed by atoms with Crippen molar-refractivity contribution >= 4 is 17.7 Å². The van der Waals surface area contributed by atoms with Crippen LogP contribution in [0, 0.1) is 13.8 Å². The standard InChI is InChI=1S/C25H32N2O4/c1-5-26-18(3)22(17(2)23(26)25(30)31-4)21(28)16-27(20-14-10-7-11-15-20)24(29)19-12-8-6-9-13-19/h6,8-9,12-13,20H,5,7,10-11,14-16H2,1-4H3. The number of rotatable bonds is 7. The number of amides is 1. The predicted octanol–water partition coefficient (Wildman–Crippen LogP) is 4.57. The average molecular weight is 425 g/mol. The summed E-state index contributed by atoms with van der Waals surface area (Å²) in [5, 5.41) is 0. The van der Waals surface area contributed by atoms with Crippen LogP contribution in [0.15, 0.2) is 30.3 Å². The van der Waals surface area contributed by atoms with Gasteiger partial charge in [0.25, 0.3) is 5.91 Å². The Bertz CT molecular complexity index is 956. The molecule has 0 radical (unpaired) electrons. The van der Waals surface area contributed by atoms with Crippen LogP contribution in [0.25, 0.3) is 0 Å². The number of benzene rings is 1. The van der Waals surface area contributed by atoms with Gasteiger partial charge in [-0.25, -0.2) is 4.79 Å². The molecule has 6 heteroatoms. The fourth-order valence-corrected chi connectivity index (χ4v) is 4.80. The Labute approximate surface area is 184 Å². The highest BCUT2D eigenvalue weighted by molar-refractivity contribution is 6.06. The molecule has 1 aliphatic rings. The van der Waals surface area contributed by atoms with E-state index in [1.807, 2.05) is 36.6 Å². The average Bonchev–Trinajstić information content (AvgIpc) is 3.06. The van der Waals surface area contributed by atoms with Crippen LogP contribution in [0.5, 0.6) is 0 Å². The first-order valence-corrected chi connectivity index (χ1v) is 11.1. The third kappa shape index (κ3) is 4.58. The minimum atomic E-state index is -0.453. The van der Waals surface area contributed by atoms with Crippen LogP contribution in [0.4, 0.5) is 0 Å². The highest BCUT2D eigenvalue weighted by atomic mass is 16.5. The van der Waals surface area contributed by atoms with Crippen LogP contribution in [0.2, 0.25) is 0 Å². The Hall–Kier alpha value is -2.89. The molecule has 1 amide bonds. The lowest BCUT2D eigenvalue weighted by Gasteiger charge is -2.34. The molecule has 0 aliphatic heterocycles. The Kier molecular flexibility index (Phi) is 7.31. The lowest BCUT2D eigenvalue weighted by Crippen LogP contribution is -2.44. The van der Waals surface area contributed by atoms with Crippen molar-refractivity contribution in [2.24, 2.45) is 0 Å². The van der Waals surface area contributed by atoms with E-state index in [0.29, 0.717) is 28.9 Å². The van der Waals surface area contributed by atoms with Crippen molar-refractivity contribution in [3.8, 4) is 0 Å². The Morgan fingerprint density at radius 1 is 1.06 bits per heavy atom. The van der Waals surface area contributed by atoms with E-state index in [9.17, 15) is 14.4 Å². The lowest BCUT2D eigenvalue weighted by molar-refractivity contribution is 0.0584. The number of esters is 1. The van der Waals surface area contributed by atoms with Gasteiger partial charge >= 0.3 is 5.97 Å². The van der Waals surface area contributed by atoms with Gasteiger partial charge in [0.05, 0.1) is 13.7 Å². The number of hydrogen-bond donors (Lipinski definition) is 0. The third-order valence-electron chi connectivity index (χ3n) is 6.35. The van der Waals surface area contributed by atoms with Crippen LogP contribution >= 0.6 is 0 Å². The topological polar surface area (TPSA) is 68.6 Å². The molecule has 3 rings (SSSR count). The van der Waals surface area contributed by atoms with Gasteiger partial charge in [-0.05, 0) is 51.3 Å². The number of carbonyl (C=O) groups is 3. The molecule has 2 aromatic rings.